The lowest BCUT2D eigenvalue weighted by Crippen LogP contribution is -2.27. The molecule has 0 aliphatic heterocycles. The number of hydrogen-bond acceptors (Lipinski definition) is 2. The monoisotopic (exact) mass is 355 g/mol. The Balaban J connectivity index is 1.66. The molecule has 1 N–H and O–H groups in total. The first-order valence-electron chi connectivity index (χ1n) is 7.07. The fourth-order valence-corrected chi connectivity index (χ4v) is 2.94. The summed E-state index contributed by atoms with van der Waals surface area (Å²) in [7, 11) is 0. The maximum absolute atomic E-state index is 13.6. The van der Waals surface area contributed by atoms with Gasteiger partial charge in [-0.15, -0.1) is 11.8 Å². The average Bonchev–Trinajstić information content (AvgIpc) is 2.51. The van der Waals surface area contributed by atoms with Gasteiger partial charge in [-0.1, -0.05) is 29.8 Å². The van der Waals surface area contributed by atoms with E-state index in [0.717, 1.165) is 5.56 Å². The minimum atomic E-state index is -0.360. The molecule has 2 aromatic carbocycles. The molecule has 0 heterocycles. The Bertz CT molecular complexity index is 664. The Kier molecular flexibility index (Phi) is 6.86. The number of carbonyl (C=O) groups excluding carboxylic acids is 1. The van der Waals surface area contributed by atoms with Crippen molar-refractivity contribution in [2.75, 3.05) is 12.3 Å². The van der Waals surface area contributed by atoms with E-state index < -0.39 is 0 Å². The normalized spacial score (nSPS) is 10.6. The van der Waals surface area contributed by atoms with Crippen LogP contribution >= 0.6 is 23.4 Å². The predicted octanol–water partition coefficient (Wildman–Crippen LogP) is 4.21. The molecule has 0 fully saturated rings. The van der Waals surface area contributed by atoms with Crippen molar-refractivity contribution in [3.8, 4) is 0 Å². The second-order valence-electron chi connectivity index (χ2n) is 4.95. The third kappa shape index (κ3) is 6.20. The number of thioether (sulfide) groups is 1. The molecule has 0 aliphatic rings. The van der Waals surface area contributed by atoms with E-state index in [0.29, 0.717) is 29.3 Å². The van der Waals surface area contributed by atoms with Gasteiger partial charge in [0.15, 0.2) is 0 Å². The molecule has 2 rings (SSSR count). The number of amides is 1. The molecule has 0 aromatic heterocycles. The van der Waals surface area contributed by atoms with E-state index in [1.165, 1.54) is 30.0 Å². The number of rotatable bonds is 7. The molecular weight excluding hydrogens is 340 g/mol. The van der Waals surface area contributed by atoms with Crippen molar-refractivity contribution in [1.82, 2.24) is 5.32 Å². The second kappa shape index (κ2) is 8.89. The van der Waals surface area contributed by atoms with Crippen LogP contribution in [-0.2, 0) is 17.0 Å². The summed E-state index contributed by atoms with van der Waals surface area (Å²) < 4.78 is 26.3. The number of benzene rings is 2. The third-order valence-electron chi connectivity index (χ3n) is 3.15. The van der Waals surface area contributed by atoms with Crippen molar-refractivity contribution in [1.29, 1.82) is 0 Å². The molecule has 2 nitrogen and oxygen atoms in total. The standard InChI is InChI=1S/C17H16ClF2NOS/c18-14-4-3-13(16(20)9-14)10-23-11-17(22)21-8-7-12-1-5-15(19)6-2-12/h1-6,9H,7-8,10-11H2,(H,21,22). The Morgan fingerprint density at radius 3 is 2.57 bits per heavy atom. The lowest BCUT2D eigenvalue weighted by Gasteiger charge is -2.06. The van der Waals surface area contributed by atoms with Crippen LogP contribution in [-0.4, -0.2) is 18.2 Å². The van der Waals surface area contributed by atoms with Crippen molar-refractivity contribution < 1.29 is 13.6 Å². The van der Waals surface area contributed by atoms with Crippen molar-refractivity contribution >= 4 is 29.3 Å². The van der Waals surface area contributed by atoms with Crippen LogP contribution in [0.25, 0.3) is 0 Å². The summed E-state index contributed by atoms with van der Waals surface area (Å²) in [6, 6.07) is 10.7. The molecule has 0 bridgehead atoms. The Hall–Kier alpha value is -1.59. The first-order chi connectivity index (χ1) is 11.0. The lowest BCUT2D eigenvalue weighted by molar-refractivity contribution is -0.118. The van der Waals surface area contributed by atoms with Gasteiger partial charge in [0, 0.05) is 17.3 Å². The smallest absolute Gasteiger partial charge is 0.230 e. The zero-order chi connectivity index (χ0) is 16.7. The Morgan fingerprint density at radius 1 is 1.13 bits per heavy atom. The van der Waals surface area contributed by atoms with Crippen molar-refractivity contribution in [2.45, 2.75) is 12.2 Å². The van der Waals surface area contributed by atoms with E-state index >= 15 is 0 Å². The first kappa shape index (κ1) is 17.8. The van der Waals surface area contributed by atoms with Crippen LogP contribution < -0.4 is 5.32 Å². The van der Waals surface area contributed by atoms with Crippen molar-refractivity contribution in [3.05, 3.63) is 70.2 Å². The van der Waals surface area contributed by atoms with Crippen LogP contribution in [0.5, 0.6) is 0 Å². The number of hydrogen-bond donors (Lipinski definition) is 1. The minimum absolute atomic E-state index is 0.105. The molecule has 2 aromatic rings. The van der Waals surface area contributed by atoms with E-state index in [1.54, 1.807) is 24.3 Å². The fraction of sp³-hybridized carbons (Fsp3) is 0.235. The van der Waals surface area contributed by atoms with Gasteiger partial charge in [-0.25, -0.2) is 8.78 Å². The third-order valence-corrected chi connectivity index (χ3v) is 4.37. The van der Waals surface area contributed by atoms with Crippen LogP contribution in [0.3, 0.4) is 0 Å². The molecule has 0 unspecified atom stereocenters. The van der Waals surface area contributed by atoms with Gasteiger partial charge >= 0.3 is 0 Å². The van der Waals surface area contributed by atoms with Gasteiger partial charge < -0.3 is 5.32 Å². The topological polar surface area (TPSA) is 29.1 Å². The maximum Gasteiger partial charge on any atom is 0.230 e. The summed E-state index contributed by atoms with van der Waals surface area (Å²) >= 11 is 7.02. The van der Waals surface area contributed by atoms with Crippen LogP contribution in [0.1, 0.15) is 11.1 Å². The molecule has 6 heteroatoms. The summed E-state index contributed by atoms with van der Waals surface area (Å²) in [6.45, 7) is 0.486. The maximum atomic E-state index is 13.6. The van der Waals surface area contributed by atoms with Gasteiger partial charge in [0.25, 0.3) is 0 Å². The summed E-state index contributed by atoms with van der Waals surface area (Å²) in [6.07, 6.45) is 0.641. The summed E-state index contributed by atoms with van der Waals surface area (Å²) in [5.74, 6) is -0.0725. The van der Waals surface area contributed by atoms with Crippen molar-refractivity contribution in [2.24, 2.45) is 0 Å². The molecule has 0 radical (unpaired) electrons. The average molecular weight is 356 g/mol. The van der Waals surface area contributed by atoms with Crippen LogP contribution in [0.15, 0.2) is 42.5 Å². The highest BCUT2D eigenvalue weighted by Crippen LogP contribution is 2.19. The molecule has 0 aliphatic carbocycles. The van der Waals surface area contributed by atoms with Crippen LogP contribution in [0.2, 0.25) is 5.02 Å². The molecule has 1 amide bonds. The molecule has 122 valence electrons. The van der Waals surface area contributed by atoms with Crippen molar-refractivity contribution in [3.63, 3.8) is 0 Å². The first-order valence-corrected chi connectivity index (χ1v) is 8.60. The van der Waals surface area contributed by atoms with Crippen LogP contribution in [0, 0.1) is 11.6 Å². The number of halogens is 3. The minimum Gasteiger partial charge on any atom is -0.355 e. The lowest BCUT2D eigenvalue weighted by atomic mass is 10.1. The van der Waals surface area contributed by atoms with Gasteiger partial charge in [-0.2, -0.15) is 0 Å². The highest BCUT2D eigenvalue weighted by molar-refractivity contribution is 7.99. The number of carbonyl (C=O) groups is 1. The molecule has 0 saturated heterocycles. The van der Waals surface area contributed by atoms with Gasteiger partial charge in [-0.3, -0.25) is 4.79 Å². The number of nitrogens with one attached hydrogen (secondary N) is 1. The SMILES string of the molecule is O=C(CSCc1ccc(Cl)cc1F)NCCc1ccc(F)cc1. The second-order valence-corrected chi connectivity index (χ2v) is 6.38. The van der Waals surface area contributed by atoms with Crippen LogP contribution in [0.4, 0.5) is 8.78 Å². The molecule has 0 spiro atoms. The van der Waals surface area contributed by atoms with Gasteiger partial charge in [0.05, 0.1) is 5.75 Å². The summed E-state index contributed by atoms with van der Waals surface area (Å²) in [5.41, 5.74) is 1.49. The van der Waals surface area contributed by atoms with Gasteiger partial charge in [-0.05, 0) is 41.8 Å². The van der Waals surface area contributed by atoms with E-state index in [9.17, 15) is 13.6 Å². The Morgan fingerprint density at radius 2 is 1.87 bits per heavy atom. The zero-order valence-electron chi connectivity index (χ0n) is 12.3. The van der Waals surface area contributed by atoms with Gasteiger partial charge in [0.1, 0.15) is 11.6 Å². The van der Waals surface area contributed by atoms with Gasteiger partial charge in [0.2, 0.25) is 5.91 Å². The Labute approximate surface area is 143 Å². The zero-order valence-corrected chi connectivity index (χ0v) is 13.9. The predicted molar refractivity (Wildman–Crippen MR) is 90.7 cm³/mol. The molecule has 0 atom stereocenters. The van der Waals surface area contributed by atoms with E-state index in [2.05, 4.69) is 5.32 Å². The quantitative estimate of drug-likeness (QED) is 0.806. The highest BCUT2D eigenvalue weighted by atomic mass is 35.5. The van der Waals surface area contributed by atoms with E-state index in [4.69, 9.17) is 11.6 Å². The summed E-state index contributed by atoms with van der Waals surface area (Å²) in [4.78, 5) is 11.7. The molecular formula is C17H16ClF2NOS. The highest BCUT2D eigenvalue weighted by Gasteiger charge is 2.06. The summed E-state index contributed by atoms with van der Waals surface area (Å²) in [5, 5.41) is 3.14. The van der Waals surface area contributed by atoms with E-state index in [-0.39, 0.29) is 23.3 Å². The van der Waals surface area contributed by atoms with E-state index in [1.807, 2.05) is 0 Å². The molecule has 23 heavy (non-hydrogen) atoms. The fourth-order valence-electron chi connectivity index (χ4n) is 1.94. The largest absolute Gasteiger partial charge is 0.355 e. The molecule has 0 saturated carbocycles.